The van der Waals surface area contributed by atoms with Crippen LogP contribution in [-0.2, 0) is 14.3 Å². The van der Waals surface area contributed by atoms with Crippen molar-refractivity contribution in [1.29, 1.82) is 0 Å². The van der Waals surface area contributed by atoms with Crippen LogP contribution < -0.4 is 0 Å². The average Bonchev–Trinajstić information content (AvgIpc) is 3.09. The largest absolute Gasteiger partial charge is 0.446 e. The molecule has 0 radical (unpaired) electrons. The number of carbonyl (C=O) groups excluding carboxylic acids is 3. The van der Waals surface area contributed by atoms with Crippen LogP contribution in [0.3, 0.4) is 0 Å². The predicted octanol–water partition coefficient (Wildman–Crippen LogP) is 4.01. The number of hydrogen-bond acceptors (Lipinski definition) is 6. The Morgan fingerprint density at radius 1 is 1.11 bits per heavy atom. The van der Waals surface area contributed by atoms with Crippen LogP contribution in [0, 0.1) is 34.5 Å². The Labute approximate surface area is 216 Å². The summed E-state index contributed by atoms with van der Waals surface area (Å²) in [6, 6.07) is 8.34. The molecule has 37 heavy (non-hydrogen) atoms. The quantitative estimate of drug-likeness (QED) is 0.594. The first kappa shape index (κ1) is 26.0. The number of benzene rings is 1. The molecule has 0 aliphatic heterocycles. The molecule has 0 amide bonds. The number of aliphatic hydroxyl groups is 2. The summed E-state index contributed by atoms with van der Waals surface area (Å²) in [6.07, 6.45) is 3.65. The maximum atomic E-state index is 17.5. The molecule has 9 atom stereocenters. The van der Waals surface area contributed by atoms with Gasteiger partial charge in [0.1, 0.15) is 6.61 Å². The Morgan fingerprint density at radius 2 is 1.78 bits per heavy atom. The number of hydrogen-bond donors (Lipinski definition) is 2. The summed E-state index contributed by atoms with van der Waals surface area (Å²) in [5, 5.41) is 21.7. The molecule has 1 aromatic carbocycles. The standard InChI is InChI=1S/C30H35FO6/c1-17-12-23-22-13-18(2)30(25(35)16-32,37-26(36)19-8-6-5-7-9-19)28(22,4)15-24(34)29(23,31)27(3)11-10-20(33)14-21(17)27/h5-11,14,17-18,22-24,32,34H,12-13,15-16H2,1-4H3/t17-,18-,22-,23-,24-,27-,28-,29-,30-/m0/s1. The second-order valence-electron chi connectivity index (χ2n) is 12.0. The van der Waals surface area contributed by atoms with Crippen molar-refractivity contribution in [2.45, 2.75) is 64.3 Å². The number of halogens is 1. The van der Waals surface area contributed by atoms with Crippen LogP contribution in [0.2, 0.25) is 0 Å². The van der Waals surface area contributed by atoms with E-state index in [9.17, 15) is 24.6 Å². The minimum absolute atomic E-state index is 0.118. The van der Waals surface area contributed by atoms with E-state index in [4.69, 9.17) is 4.74 Å². The lowest BCUT2D eigenvalue weighted by molar-refractivity contribution is -0.223. The molecule has 1 aromatic rings. The third-order valence-electron chi connectivity index (χ3n) is 10.3. The van der Waals surface area contributed by atoms with Gasteiger partial charge in [-0.05, 0) is 62.3 Å². The first-order valence-corrected chi connectivity index (χ1v) is 13.1. The number of ketones is 2. The van der Waals surface area contributed by atoms with E-state index < -0.39 is 64.3 Å². The molecule has 0 spiro atoms. The molecule has 5 rings (SSSR count). The topological polar surface area (TPSA) is 101 Å². The van der Waals surface area contributed by atoms with Crippen molar-refractivity contribution in [2.24, 2.45) is 34.5 Å². The molecule has 6 nitrogen and oxygen atoms in total. The Bertz CT molecular complexity index is 1210. The first-order valence-electron chi connectivity index (χ1n) is 13.1. The van der Waals surface area contributed by atoms with Crippen LogP contribution in [0.4, 0.5) is 4.39 Å². The van der Waals surface area contributed by atoms with Crippen molar-refractivity contribution in [3.63, 3.8) is 0 Å². The van der Waals surface area contributed by atoms with Gasteiger partial charge in [-0.3, -0.25) is 9.59 Å². The molecule has 4 aliphatic carbocycles. The van der Waals surface area contributed by atoms with E-state index in [0.717, 1.165) is 0 Å². The molecule has 0 aromatic heterocycles. The first-order chi connectivity index (χ1) is 17.4. The average molecular weight is 511 g/mol. The second kappa shape index (κ2) is 8.43. The number of esters is 1. The van der Waals surface area contributed by atoms with Crippen molar-refractivity contribution >= 4 is 17.5 Å². The maximum Gasteiger partial charge on any atom is 0.339 e. The van der Waals surface area contributed by atoms with Crippen molar-refractivity contribution in [3.8, 4) is 0 Å². The molecule has 2 N–H and O–H groups in total. The van der Waals surface area contributed by atoms with E-state index in [1.54, 1.807) is 57.2 Å². The minimum Gasteiger partial charge on any atom is -0.446 e. The second-order valence-corrected chi connectivity index (χ2v) is 12.0. The van der Waals surface area contributed by atoms with Crippen molar-refractivity contribution < 1.29 is 33.7 Å². The van der Waals surface area contributed by atoms with Gasteiger partial charge in [-0.1, -0.05) is 50.6 Å². The maximum absolute atomic E-state index is 17.5. The molecular weight excluding hydrogens is 475 g/mol. The van der Waals surface area contributed by atoms with Gasteiger partial charge >= 0.3 is 5.97 Å². The van der Waals surface area contributed by atoms with Gasteiger partial charge in [0.2, 0.25) is 5.78 Å². The molecule has 0 heterocycles. The fraction of sp³-hybridized carbons (Fsp3) is 0.567. The van der Waals surface area contributed by atoms with E-state index in [1.807, 2.05) is 6.92 Å². The summed E-state index contributed by atoms with van der Waals surface area (Å²) < 4.78 is 23.6. The molecule has 0 bridgehead atoms. The van der Waals surface area contributed by atoms with Gasteiger partial charge in [0.05, 0.1) is 11.7 Å². The summed E-state index contributed by atoms with van der Waals surface area (Å²) in [6.45, 7) is 6.49. The highest BCUT2D eigenvalue weighted by atomic mass is 19.1. The minimum atomic E-state index is -2.08. The lowest BCUT2D eigenvalue weighted by Crippen LogP contribution is -2.70. The van der Waals surface area contributed by atoms with Gasteiger partial charge in [-0.15, -0.1) is 0 Å². The highest BCUT2D eigenvalue weighted by Gasteiger charge is 2.77. The van der Waals surface area contributed by atoms with Crippen LogP contribution in [0.15, 0.2) is 54.1 Å². The number of allylic oxidation sites excluding steroid dienone is 4. The van der Waals surface area contributed by atoms with E-state index in [-0.39, 0.29) is 23.7 Å². The van der Waals surface area contributed by atoms with E-state index in [1.165, 1.54) is 12.2 Å². The monoisotopic (exact) mass is 510 g/mol. The number of rotatable bonds is 4. The third kappa shape index (κ3) is 3.19. The van der Waals surface area contributed by atoms with E-state index >= 15 is 4.39 Å². The summed E-state index contributed by atoms with van der Waals surface area (Å²) in [5.41, 5.74) is -5.13. The lowest BCUT2D eigenvalue weighted by atomic mass is 9.43. The summed E-state index contributed by atoms with van der Waals surface area (Å²) in [7, 11) is 0. The SMILES string of the molecule is C[C@H]1C[C@H]2[C@@H]3C[C@H](C)[C@](OC(=O)c4ccccc4)(C(=O)CO)[C@@]3(C)C[C@H](O)[C@]2(F)[C@@]2(C)C=CC(=O)C=C12. The van der Waals surface area contributed by atoms with Crippen LogP contribution in [0.1, 0.15) is 57.3 Å². The lowest BCUT2D eigenvalue weighted by Gasteiger charge is -2.63. The number of aliphatic hydroxyl groups excluding tert-OH is 2. The van der Waals surface area contributed by atoms with Gasteiger partial charge in [0.25, 0.3) is 0 Å². The van der Waals surface area contributed by atoms with Gasteiger partial charge in [-0.2, -0.15) is 0 Å². The molecular formula is C30H35FO6. The molecule has 3 fully saturated rings. The van der Waals surface area contributed by atoms with Crippen LogP contribution in [0.25, 0.3) is 0 Å². The smallest absolute Gasteiger partial charge is 0.339 e. The van der Waals surface area contributed by atoms with Gasteiger partial charge in [-0.25, -0.2) is 9.18 Å². The van der Waals surface area contributed by atoms with Crippen molar-refractivity contribution in [3.05, 3.63) is 59.7 Å². The Kier molecular flexibility index (Phi) is 5.92. The predicted molar refractivity (Wildman–Crippen MR) is 134 cm³/mol. The molecule has 3 saturated carbocycles. The highest BCUT2D eigenvalue weighted by molar-refractivity contribution is 6.01. The number of alkyl halides is 1. The zero-order valence-corrected chi connectivity index (χ0v) is 21.7. The molecule has 7 heteroatoms. The number of ether oxygens (including phenoxy) is 1. The molecule has 4 aliphatic rings. The van der Waals surface area contributed by atoms with Gasteiger partial charge in [0, 0.05) is 22.7 Å². The fourth-order valence-electron chi connectivity index (χ4n) is 8.69. The highest BCUT2D eigenvalue weighted by Crippen LogP contribution is 2.72. The number of fused-ring (bicyclic) bond motifs is 5. The number of Topliss-reactive ketones (excluding diaryl/α,β-unsaturated/α-hetero) is 1. The van der Waals surface area contributed by atoms with Crippen LogP contribution >= 0.6 is 0 Å². The zero-order chi connectivity index (χ0) is 27.0. The van der Waals surface area contributed by atoms with Gasteiger partial charge < -0.3 is 14.9 Å². The molecule has 0 saturated heterocycles. The van der Waals surface area contributed by atoms with Crippen molar-refractivity contribution in [1.82, 2.24) is 0 Å². The van der Waals surface area contributed by atoms with Crippen molar-refractivity contribution in [2.75, 3.05) is 6.61 Å². The van der Waals surface area contributed by atoms with E-state index in [0.29, 0.717) is 18.4 Å². The summed E-state index contributed by atoms with van der Waals surface area (Å²) in [5.74, 6) is -3.19. The number of carbonyl (C=O) groups is 3. The van der Waals surface area contributed by atoms with Crippen LogP contribution in [-0.4, -0.2) is 51.7 Å². The zero-order valence-electron chi connectivity index (χ0n) is 21.7. The Hall–Kier alpha value is -2.64. The third-order valence-corrected chi connectivity index (χ3v) is 10.3. The fourth-order valence-corrected chi connectivity index (χ4v) is 8.69. The Morgan fingerprint density at radius 3 is 2.43 bits per heavy atom. The Balaban J connectivity index is 1.63. The van der Waals surface area contributed by atoms with E-state index in [2.05, 4.69) is 0 Å². The normalized spacial score (nSPS) is 44.4. The molecule has 198 valence electrons. The summed E-state index contributed by atoms with van der Waals surface area (Å²) in [4.78, 5) is 39.0. The van der Waals surface area contributed by atoms with Crippen LogP contribution in [0.5, 0.6) is 0 Å². The molecule has 0 unspecified atom stereocenters. The van der Waals surface area contributed by atoms with Gasteiger partial charge in [0.15, 0.2) is 17.1 Å². The summed E-state index contributed by atoms with van der Waals surface area (Å²) >= 11 is 0.